The van der Waals surface area contributed by atoms with Crippen LogP contribution in [0.1, 0.15) is 29.8 Å². The Balaban J connectivity index is 1.50. The number of piperidine rings is 1. The lowest BCUT2D eigenvalue weighted by molar-refractivity contribution is 0.102. The molecule has 196 valence electrons. The number of hydrogen-bond donors (Lipinski definition) is 3. The van der Waals surface area contributed by atoms with Gasteiger partial charge >= 0.3 is 0 Å². The van der Waals surface area contributed by atoms with Gasteiger partial charge in [0, 0.05) is 29.9 Å². The van der Waals surface area contributed by atoms with E-state index in [4.69, 9.17) is 4.74 Å². The van der Waals surface area contributed by atoms with Crippen molar-refractivity contribution in [1.82, 2.24) is 10.2 Å². The molecule has 0 bridgehead atoms. The molecule has 1 aromatic heterocycles. The Bertz CT molecular complexity index is 1650. The number of carbonyl (C=O) groups is 1. The number of aromatic nitrogens is 2. The number of carbonyl (C=O) groups excluding carboxylic acids is 1. The van der Waals surface area contributed by atoms with E-state index in [0.717, 1.165) is 32.4 Å². The van der Waals surface area contributed by atoms with Crippen LogP contribution in [0.4, 0.5) is 17.1 Å². The van der Waals surface area contributed by atoms with E-state index in [2.05, 4.69) is 25.1 Å². The van der Waals surface area contributed by atoms with E-state index in [-0.39, 0.29) is 16.3 Å². The van der Waals surface area contributed by atoms with Crippen molar-refractivity contribution < 1.29 is 17.9 Å². The molecule has 0 radical (unpaired) electrons. The normalized spacial score (nSPS) is 13.8. The number of amides is 1. The maximum absolute atomic E-state index is 13.6. The van der Waals surface area contributed by atoms with Crippen molar-refractivity contribution in [2.24, 2.45) is 0 Å². The van der Waals surface area contributed by atoms with Crippen molar-refractivity contribution in [1.29, 1.82) is 0 Å². The summed E-state index contributed by atoms with van der Waals surface area (Å²) in [5.74, 6) is 0.0321. The Morgan fingerprint density at radius 1 is 0.947 bits per heavy atom. The number of fused-ring (bicyclic) bond motifs is 1. The first-order chi connectivity index (χ1) is 18.4. The molecule has 10 nitrogen and oxygen atoms in total. The Morgan fingerprint density at radius 2 is 1.63 bits per heavy atom. The maximum Gasteiger partial charge on any atom is 0.276 e. The predicted octanol–water partition coefficient (Wildman–Crippen LogP) is 3.98. The molecule has 38 heavy (non-hydrogen) atoms. The fraction of sp³-hybridized carbons (Fsp3) is 0.222. The van der Waals surface area contributed by atoms with Crippen LogP contribution >= 0.6 is 0 Å². The van der Waals surface area contributed by atoms with Crippen LogP contribution < -0.4 is 25.2 Å². The second-order valence-corrected chi connectivity index (χ2v) is 10.6. The van der Waals surface area contributed by atoms with Gasteiger partial charge in [-0.15, -0.1) is 0 Å². The van der Waals surface area contributed by atoms with Crippen LogP contribution in [-0.4, -0.2) is 44.7 Å². The Labute approximate surface area is 219 Å². The molecule has 0 saturated carbocycles. The van der Waals surface area contributed by atoms with E-state index in [1.807, 2.05) is 0 Å². The van der Waals surface area contributed by atoms with Gasteiger partial charge in [0.1, 0.15) is 10.6 Å². The summed E-state index contributed by atoms with van der Waals surface area (Å²) in [7, 11) is -2.49. The summed E-state index contributed by atoms with van der Waals surface area (Å²) in [6.45, 7) is 1.48. The van der Waals surface area contributed by atoms with E-state index in [1.54, 1.807) is 60.7 Å². The average molecular weight is 534 g/mol. The highest BCUT2D eigenvalue weighted by Crippen LogP contribution is 2.32. The SMILES string of the molecule is COc1ccc(NS(=O)(=O)c2cc(NC(=O)c3n[nH]c(=O)c4ccccc34)ccc2N2CCCCC2)cc1. The summed E-state index contributed by atoms with van der Waals surface area (Å²) < 4.78 is 35.0. The van der Waals surface area contributed by atoms with Crippen molar-refractivity contribution in [3.8, 4) is 5.75 Å². The minimum atomic E-state index is -4.02. The molecule has 1 aliphatic heterocycles. The molecule has 1 amide bonds. The van der Waals surface area contributed by atoms with Crippen LogP contribution in [0, 0.1) is 0 Å². The standard InChI is InChI=1S/C27H27N5O5S/c1-37-20-12-9-18(10-13-20)31-38(35,36)24-17-19(11-14-23(24)32-15-5-2-6-16-32)28-27(34)25-21-7-3-4-8-22(21)26(33)30-29-25/h3-4,7-14,17,31H,2,5-6,15-16H2,1H3,(H,28,34)(H,30,33). The number of nitrogens with one attached hydrogen (secondary N) is 3. The number of hydrogen-bond acceptors (Lipinski definition) is 7. The molecule has 2 heterocycles. The van der Waals surface area contributed by atoms with Crippen molar-refractivity contribution in [2.75, 3.05) is 35.1 Å². The van der Waals surface area contributed by atoms with Crippen LogP contribution in [-0.2, 0) is 10.0 Å². The second kappa shape index (κ2) is 10.5. The topological polar surface area (TPSA) is 133 Å². The number of methoxy groups -OCH3 is 1. The van der Waals surface area contributed by atoms with E-state index in [0.29, 0.717) is 27.9 Å². The van der Waals surface area contributed by atoms with Crippen LogP contribution in [0.3, 0.4) is 0 Å². The van der Waals surface area contributed by atoms with E-state index in [1.165, 1.54) is 13.2 Å². The molecule has 1 saturated heterocycles. The van der Waals surface area contributed by atoms with Crippen LogP contribution in [0.2, 0.25) is 0 Å². The fourth-order valence-electron chi connectivity index (χ4n) is 4.55. The van der Waals surface area contributed by atoms with Crippen molar-refractivity contribution in [2.45, 2.75) is 24.2 Å². The van der Waals surface area contributed by atoms with Gasteiger partial charge in [-0.05, 0) is 67.8 Å². The third-order valence-electron chi connectivity index (χ3n) is 6.46. The lowest BCUT2D eigenvalue weighted by Crippen LogP contribution is -2.31. The summed E-state index contributed by atoms with van der Waals surface area (Å²) in [4.78, 5) is 27.4. The van der Waals surface area contributed by atoms with E-state index in [9.17, 15) is 18.0 Å². The van der Waals surface area contributed by atoms with Gasteiger partial charge < -0.3 is 15.0 Å². The van der Waals surface area contributed by atoms with Crippen LogP contribution in [0.15, 0.2) is 76.4 Å². The Morgan fingerprint density at radius 3 is 2.34 bits per heavy atom. The number of anilines is 3. The average Bonchev–Trinajstić information content (AvgIpc) is 2.94. The smallest absolute Gasteiger partial charge is 0.276 e. The molecule has 0 atom stereocenters. The monoisotopic (exact) mass is 533 g/mol. The van der Waals surface area contributed by atoms with Gasteiger partial charge in [0.25, 0.3) is 21.5 Å². The molecule has 5 rings (SSSR count). The van der Waals surface area contributed by atoms with Crippen molar-refractivity contribution in [3.63, 3.8) is 0 Å². The van der Waals surface area contributed by atoms with Crippen molar-refractivity contribution in [3.05, 3.63) is 82.8 Å². The maximum atomic E-state index is 13.6. The number of benzene rings is 3. The van der Waals surface area contributed by atoms with Gasteiger partial charge in [-0.2, -0.15) is 5.10 Å². The Kier molecular flexibility index (Phi) is 7.01. The molecule has 1 fully saturated rings. The zero-order chi connectivity index (χ0) is 26.7. The number of ether oxygens (including phenoxy) is 1. The third kappa shape index (κ3) is 5.18. The van der Waals surface area contributed by atoms with Gasteiger partial charge in [-0.25, -0.2) is 13.5 Å². The van der Waals surface area contributed by atoms with Gasteiger partial charge in [-0.1, -0.05) is 18.2 Å². The molecule has 0 spiro atoms. The quantitative estimate of drug-likeness (QED) is 0.327. The number of H-pyrrole nitrogens is 1. The molecular weight excluding hydrogens is 506 g/mol. The molecule has 4 aromatic rings. The van der Waals surface area contributed by atoms with Gasteiger partial charge in [0.15, 0.2) is 5.69 Å². The van der Waals surface area contributed by atoms with Crippen molar-refractivity contribution >= 4 is 43.8 Å². The lowest BCUT2D eigenvalue weighted by atomic mass is 10.1. The first-order valence-corrected chi connectivity index (χ1v) is 13.7. The molecule has 3 N–H and O–H groups in total. The van der Waals surface area contributed by atoms with Gasteiger partial charge in [-0.3, -0.25) is 14.3 Å². The molecule has 0 unspecified atom stereocenters. The van der Waals surface area contributed by atoms with Gasteiger partial charge in [0.05, 0.1) is 18.2 Å². The second-order valence-electron chi connectivity index (χ2n) is 8.97. The summed E-state index contributed by atoms with van der Waals surface area (Å²) in [5, 5.41) is 9.75. The molecule has 11 heteroatoms. The molecule has 1 aliphatic rings. The highest BCUT2D eigenvalue weighted by atomic mass is 32.2. The summed E-state index contributed by atoms with van der Waals surface area (Å²) >= 11 is 0. The highest BCUT2D eigenvalue weighted by Gasteiger charge is 2.25. The minimum Gasteiger partial charge on any atom is -0.497 e. The first-order valence-electron chi connectivity index (χ1n) is 12.2. The Hall–Kier alpha value is -4.38. The first kappa shape index (κ1) is 25.3. The van der Waals surface area contributed by atoms with E-state index >= 15 is 0 Å². The zero-order valence-corrected chi connectivity index (χ0v) is 21.5. The molecular formula is C27H27N5O5S. The summed E-state index contributed by atoms with van der Waals surface area (Å²) in [6, 6.07) is 18.1. The minimum absolute atomic E-state index is 0.0288. The fourth-order valence-corrected chi connectivity index (χ4v) is 5.86. The summed E-state index contributed by atoms with van der Waals surface area (Å²) in [5.41, 5.74) is 0.857. The van der Waals surface area contributed by atoms with Crippen LogP contribution in [0.5, 0.6) is 5.75 Å². The number of sulfonamides is 1. The summed E-state index contributed by atoms with van der Waals surface area (Å²) in [6.07, 6.45) is 3.03. The number of rotatable bonds is 7. The number of aromatic amines is 1. The molecule has 0 aliphatic carbocycles. The molecule has 3 aromatic carbocycles. The van der Waals surface area contributed by atoms with Gasteiger partial charge in [0.2, 0.25) is 0 Å². The van der Waals surface area contributed by atoms with E-state index < -0.39 is 21.5 Å². The predicted molar refractivity (Wildman–Crippen MR) is 147 cm³/mol. The van der Waals surface area contributed by atoms with Crippen LogP contribution in [0.25, 0.3) is 10.8 Å². The highest BCUT2D eigenvalue weighted by molar-refractivity contribution is 7.92. The lowest BCUT2D eigenvalue weighted by Gasteiger charge is -2.30. The largest absolute Gasteiger partial charge is 0.497 e. The zero-order valence-electron chi connectivity index (χ0n) is 20.7. The number of nitrogens with zero attached hydrogens (tertiary/aromatic N) is 2. The third-order valence-corrected chi connectivity index (χ3v) is 7.87.